The van der Waals surface area contributed by atoms with Crippen LogP contribution in [-0.4, -0.2) is 59.4 Å². The van der Waals surface area contributed by atoms with Crippen LogP contribution < -0.4 is 5.73 Å². The third-order valence-electron chi connectivity index (χ3n) is 3.98. The number of ether oxygens (including phenoxy) is 1. The Balaban J connectivity index is 2.85. The van der Waals surface area contributed by atoms with Gasteiger partial charge in [0.1, 0.15) is 12.2 Å². The van der Waals surface area contributed by atoms with E-state index in [4.69, 9.17) is 10.5 Å². The van der Waals surface area contributed by atoms with Crippen molar-refractivity contribution in [3.8, 4) is 0 Å². The van der Waals surface area contributed by atoms with Gasteiger partial charge in [-0.25, -0.2) is 4.79 Å². The average Bonchev–Trinajstić information content (AvgIpc) is 2.77. The number of aliphatic hydroxyl groups is 3. The fourth-order valence-electron chi connectivity index (χ4n) is 2.35. The molecule has 0 aromatic heterocycles. The van der Waals surface area contributed by atoms with E-state index in [1.165, 1.54) is 0 Å². The van der Waals surface area contributed by atoms with Gasteiger partial charge in [0.05, 0.1) is 30.7 Å². The molecule has 5 N–H and O–H groups in total. The Labute approximate surface area is 121 Å². The average molecular weight is 301 g/mol. The molecule has 1 aliphatic rings. The van der Waals surface area contributed by atoms with Crippen LogP contribution in [0.3, 0.4) is 0 Å². The van der Waals surface area contributed by atoms with Gasteiger partial charge < -0.3 is 25.8 Å². The Morgan fingerprint density at radius 3 is 2.00 bits per heavy atom. The first kappa shape index (κ1) is 17.3. The van der Waals surface area contributed by atoms with Crippen LogP contribution in [0.4, 0.5) is 0 Å². The van der Waals surface area contributed by atoms with Crippen LogP contribution in [0.2, 0.25) is 0 Å². The molecule has 1 rings (SSSR count). The molecule has 0 aromatic carbocycles. The molecule has 0 aliphatic heterocycles. The summed E-state index contributed by atoms with van der Waals surface area (Å²) in [6.45, 7) is 0.940. The van der Waals surface area contributed by atoms with Crippen molar-refractivity contribution in [2.45, 2.75) is 12.8 Å². The van der Waals surface area contributed by atoms with Crippen LogP contribution in [0.5, 0.6) is 0 Å². The van der Waals surface area contributed by atoms with Crippen molar-refractivity contribution >= 4 is 17.7 Å². The molecule has 8 nitrogen and oxygen atoms in total. The number of carbonyl (C=O) groups excluding carboxylic acids is 3. The maximum atomic E-state index is 12.4. The zero-order chi connectivity index (χ0) is 16.3. The topological polar surface area (TPSA) is 147 Å². The van der Waals surface area contributed by atoms with Crippen LogP contribution >= 0.6 is 0 Å². The van der Waals surface area contributed by atoms with E-state index in [1.54, 1.807) is 0 Å². The van der Waals surface area contributed by atoms with E-state index in [0.29, 0.717) is 0 Å². The third kappa shape index (κ3) is 2.97. The molecular weight excluding hydrogens is 282 g/mol. The van der Waals surface area contributed by atoms with Gasteiger partial charge >= 0.3 is 5.97 Å². The molecule has 0 spiro atoms. The van der Waals surface area contributed by atoms with E-state index in [1.807, 2.05) is 0 Å². The maximum absolute atomic E-state index is 12.4. The predicted molar refractivity (Wildman–Crippen MR) is 69.7 cm³/mol. The van der Waals surface area contributed by atoms with Gasteiger partial charge in [-0.2, -0.15) is 0 Å². The number of rotatable bonds is 7. The summed E-state index contributed by atoms with van der Waals surface area (Å²) in [5.41, 5.74) is 1.56. The van der Waals surface area contributed by atoms with E-state index in [2.05, 4.69) is 6.58 Å². The zero-order valence-electron chi connectivity index (χ0n) is 11.5. The Kier molecular flexibility index (Phi) is 5.21. The van der Waals surface area contributed by atoms with E-state index in [0.717, 1.165) is 0 Å². The number of nitrogens with two attached hydrogens (primary N) is 1. The van der Waals surface area contributed by atoms with Crippen molar-refractivity contribution in [3.05, 3.63) is 12.2 Å². The standard InChI is InChI=1S/C13H19NO7/c1-8(9(14)18)10(19)21-7-13(6-17)3-2-12(4-15,5-16)11(13)20/h15-17H,1-7H2,(H2,14,18). The monoisotopic (exact) mass is 301 g/mol. The smallest absolute Gasteiger partial charge is 0.343 e. The summed E-state index contributed by atoms with van der Waals surface area (Å²) in [5, 5.41) is 28.1. The molecule has 1 amide bonds. The number of carbonyl (C=O) groups is 3. The highest BCUT2D eigenvalue weighted by Crippen LogP contribution is 2.45. The summed E-state index contributed by atoms with van der Waals surface area (Å²) in [6, 6.07) is 0. The molecule has 1 fully saturated rings. The van der Waals surface area contributed by atoms with Crippen LogP contribution in [0.1, 0.15) is 12.8 Å². The molecule has 0 radical (unpaired) electrons. The van der Waals surface area contributed by atoms with Crippen molar-refractivity contribution in [2.75, 3.05) is 26.4 Å². The molecule has 0 saturated heterocycles. The number of esters is 1. The number of aliphatic hydroxyl groups excluding tert-OH is 3. The molecule has 1 atom stereocenters. The molecule has 0 bridgehead atoms. The second-order valence-electron chi connectivity index (χ2n) is 5.28. The number of hydrogen-bond donors (Lipinski definition) is 4. The summed E-state index contributed by atoms with van der Waals surface area (Å²) < 4.78 is 4.81. The van der Waals surface area contributed by atoms with Crippen LogP contribution in [-0.2, 0) is 19.1 Å². The van der Waals surface area contributed by atoms with Gasteiger partial charge in [-0.05, 0) is 12.8 Å². The summed E-state index contributed by atoms with van der Waals surface area (Å²) in [5.74, 6) is -2.69. The first-order valence-corrected chi connectivity index (χ1v) is 6.32. The van der Waals surface area contributed by atoms with E-state index in [-0.39, 0.29) is 12.8 Å². The van der Waals surface area contributed by atoms with Gasteiger partial charge in [0.2, 0.25) is 0 Å². The summed E-state index contributed by atoms with van der Waals surface area (Å²) in [4.78, 5) is 34.7. The van der Waals surface area contributed by atoms with E-state index < -0.39 is 60.5 Å². The van der Waals surface area contributed by atoms with Gasteiger partial charge in [-0.3, -0.25) is 9.59 Å². The highest BCUT2D eigenvalue weighted by molar-refractivity contribution is 6.15. The third-order valence-corrected chi connectivity index (χ3v) is 3.98. The van der Waals surface area contributed by atoms with E-state index >= 15 is 0 Å². The molecule has 118 valence electrons. The lowest BCUT2D eigenvalue weighted by atomic mass is 9.79. The first-order valence-electron chi connectivity index (χ1n) is 6.32. The number of primary amides is 1. The van der Waals surface area contributed by atoms with Crippen molar-refractivity contribution in [1.82, 2.24) is 0 Å². The number of ketones is 1. The molecule has 1 unspecified atom stereocenters. The summed E-state index contributed by atoms with van der Waals surface area (Å²) >= 11 is 0. The van der Waals surface area contributed by atoms with Crippen molar-refractivity contribution in [2.24, 2.45) is 16.6 Å². The van der Waals surface area contributed by atoms with Gasteiger partial charge in [0.25, 0.3) is 5.91 Å². The number of amides is 1. The largest absolute Gasteiger partial charge is 0.461 e. The Morgan fingerprint density at radius 2 is 1.62 bits per heavy atom. The van der Waals surface area contributed by atoms with Crippen molar-refractivity contribution < 1.29 is 34.4 Å². The van der Waals surface area contributed by atoms with Crippen molar-refractivity contribution in [1.29, 1.82) is 0 Å². The van der Waals surface area contributed by atoms with Gasteiger partial charge in [-0.1, -0.05) is 6.58 Å². The molecule has 1 aliphatic carbocycles. The van der Waals surface area contributed by atoms with Crippen LogP contribution in [0.25, 0.3) is 0 Å². The minimum absolute atomic E-state index is 0.139. The molecule has 21 heavy (non-hydrogen) atoms. The highest BCUT2D eigenvalue weighted by atomic mass is 16.5. The molecule has 8 heteroatoms. The molecule has 1 saturated carbocycles. The van der Waals surface area contributed by atoms with Gasteiger partial charge in [0, 0.05) is 0 Å². The van der Waals surface area contributed by atoms with Crippen molar-refractivity contribution in [3.63, 3.8) is 0 Å². The van der Waals surface area contributed by atoms with Crippen LogP contribution in [0.15, 0.2) is 12.2 Å². The second-order valence-corrected chi connectivity index (χ2v) is 5.28. The normalized spacial score (nSPS) is 23.9. The SMILES string of the molecule is C=C(C(N)=O)C(=O)OCC1(CO)CCC(CO)(CO)C1=O. The minimum Gasteiger partial charge on any atom is -0.461 e. The quantitative estimate of drug-likeness (QED) is 0.182. The van der Waals surface area contributed by atoms with E-state index in [9.17, 15) is 29.7 Å². The predicted octanol–water partition coefficient (Wildman–Crippen LogP) is -2.12. The lowest BCUT2D eigenvalue weighted by Crippen LogP contribution is -2.45. The second kappa shape index (κ2) is 6.33. The fraction of sp³-hybridized carbons (Fsp3) is 0.615. The number of Topliss-reactive ketones (excluding diaryl/α,β-unsaturated/α-hetero) is 1. The zero-order valence-corrected chi connectivity index (χ0v) is 11.5. The molecule has 0 aromatic rings. The maximum Gasteiger partial charge on any atom is 0.343 e. The molecule has 0 heterocycles. The Bertz CT molecular complexity index is 469. The fourth-order valence-corrected chi connectivity index (χ4v) is 2.35. The lowest BCUT2D eigenvalue weighted by Gasteiger charge is -2.28. The highest BCUT2D eigenvalue weighted by Gasteiger charge is 2.56. The van der Waals surface area contributed by atoms with Gasteiger partial charge in [0.15, 0.2) is 5.78 Å². The minimum atomic E-state index is -1.40. The Morgan fingerprint density at radius 1 is 1.14 bits per heavy atom. The summed E-state index contributed by atoms with van der Waals surface area (Å²) in [6.07, 6.45) is 0.299. The number of hydrogen-bond acceptors (Lipinski definition) is 7. The Hall–Kier alpha value is -1.77. The molecular formula is C13H19NO7. The summed E-state index contributed by atoms with van der Waals surface area (Å²) in [7, 11) is 0. The lowest BCUT2D eigenvalue weighted by molar-refractivity contribution is -0.151. The van der Waals surface area contributed by atoms with Crippen LogP contribution in [0, 0.1) is 10.8 Å². The van der Waals surface area contributed by atoms with Gasteiger partial charge in [-0.15, -0.1) is 0 Å². The first-order chi connectivity index (χ1) is 9.78.